The molecule has 0 amide bonds. The van der Waals surface area contributed by atoms with Crippen molar-refractivity contribution < 1.29 is 4.42 Å². The molecule has 0 bridgehead atoms. The fourth-order valence-corrected chi connectivity index (χ4v) is 2.02. The Labute approximate surface area is 107 Å². The fourth-order valence-electron chi connectivity index (χ4n) is 2.02. The molecule has 0 aliphatic carbocycles. The number of hydrogen-bond acceptors (Lipinski definition) is 4. The highest BCUT2D eigenvalue weighted by Crippen LogP contribution is 2.13. The molecule has 0 spiro atoms. The first-order valence-corrected chi connectivity index (χ1v) is 6.05. The molecule has 0 fully saturated rings. The monoisotopic (exact) mass is 248 g/mol. The van der Waals surface area contributed by atoms with Gasteiger partial charge < -0.3 is 9.73 Å². The smallest absolute Gasteiger partial charge is 0.122 e. The Hall–Kier alpha value is -1.59. The summed E-state index contributed by atoms with van der Waals surface area (Å²) in [4.78, 5) is 2.22. The van der Waals surface area contributed by atoms with Crippen LogP contribution < -0.4 is 5.32 Å². The van der Waals surface area contributed by atoms with Gasteiger partial charge in [0.05, 0.1) is 19.0 Å². The highest BCUT2D eigenvalue weighted by molar-refractivity contribution is 5.17. The molecule has 0 atom stereocenters. The average Bonchev–Trinajstić information content (AvgIpc) is 2.90. The molecule has 98 valence electrons. The zero-order valence-electron chi connectivity index (χ0n) is 11.2. The van der Waals surface area contributed by atoms with Gasteiger partial charge in [-0.05, 0) is 20.2 Å². The number of hydrogen-bond donors (Lipinski definition) is 1. The Morgan fingerprint density at radius 3 is 2.94 bits per heavy atom. The van der Waals surface area contributed by atoms with Gasteiger partial charge in [0.1, 0.15) is 5.76 Å². The molecule has 0 aliphatic rings. The second-order valence-corrected chi connectivity index (χ2v) is 4.59. The summed E-state index contributed by atoms with van der Waals surface area (Å²) in [7, 11) is 5.95. The van der Waals surface area contributed by atoms with E-state index >= 15 is 0 Å². The van der Waals surface area contributed by atoms with Crippen molar-refractivity contribution in [1.29, 1.82) is 0 Å². The van der Waals surface area contributed by atoms with Crippen LogP contribution in [0.25, 0.3) is 0 Å². The summed E-state index contributed by atoms with van der Waals surface area (Å²) < 4.78 is 7.35. The highest BCUT2D eigenvalue weighted by atomic mass is 16.3. The SMILES string of the molecule is CNCc1ccoc1CN(C)Cc1cnn(C)c1. The van der Waals surface area contributed by atoms with Crippen molar-refractivity contribution in [3.05, 3.63) is 41.6 Å². The van der Waals surface area contributed by atoms with Crippen LogP contribution >= 0.6 is 0 Å². The van der Waals surface area contributed by atoms with Gasteiger partial charge >= 0.3 is 0 Å². The quantitative estimate of drug-likeness (QED) is 0.838. The zero-order valence-corrected chi connectivity index (χ0v) is 11.2. The predicted octanol–water partition coefficient (Wildman–Crippen LogP) is 1.36. The first kappa shape index (κ1) is 12.9. The molecule has 0 aromatic carbocycles. The van der Waals surface area contributed by atoms with Crippen LogP contribution in [0.2, 0.25) is 0 Å². The average molecular weight is 248 g/mol. The van der Waals surface area contributed by atoms with E-state index < -0.39 is 0 Å². The normalized spacial score (nSPS) is 11.3. The molecule has 2 rings (SSSR count). The summed E-state index contributed by atoms with van der Waals surface area (Å²) in [6, 6.07) is 2.02. The Morgan fingerprint density at radius 2 is 2.28 bits per heavy atom. The molecule has 1 N–H and O–H groups in total. The van der Waals surface area contributed by atoms with Crippen LogP contribution in [0, 0.1) is 0 Å². The van der Waals surface area contributed by atoms with E-state index in [0.717, 1.165) is 25.4 Å². The fraction of sp³-hybridized carbons (Fsp3) is 0.462. The van der Waals surface area contributed by atoms with Gasteiger partial charge in [-0.25, -0.2) is 0 Å². The molecule has 5 heteroatoms. The second kappa shape index (κ2) is 5.84. The van der Waals surface area contributed by atoms with E-state index in [-0.39, 0.29) is 0 Å². The predicted molar refractivity (Wildman–Crippen MR) is 69.9 cm³/mol. The van der Waals surface area contributed by atoms with Gasteiger partial charge in [-0.1, -0.05) is 0 Å². The number of nitrogens with one attached hydrogen (secondary N) is 1. The van der Waals surface area contributed by atoms with Crippen molar-refractivity contribution in [3.63, 3.8) is 0 Å². The third kappa shape index (κ3) is 3.21. The van der Waals surface area contributed by atoms with E-state index in [1.54, 1.807) is 6.26 Å². The van der Waals surface area contributed by atoms with Gasteiger partial charge in [0.2, 0.25) is 0 Å². The molecule has 0 saturated heterocycles. The van der Waals surface area contributed by atoms with Crippen molar-refractivity contribution in [2.24, 2.45) is 7.05 Å². The molecule has 2 aromatic heterocycles. The molecule has 0 saturated carbocycles. The summed E-state index contributed by atoms with van der Waals surface area (Å²) in [6.45, 7) is 2.51. The van der Waals surface area contributed by atoms with Crippen LogP contribution in [0.3, 0.4) is 0 Å². The van der Waals surface area contributed by atoms with Gasteiger partial charge in [0.25, 0.3) is 0 Å². The number of rotatable bonds is 6. The Balaban J connectivity index is 1.94. The molecule has 18 heavy (non-hydrogen) atoms. The summed E-state index contributed by atoms with van der Waals surface area (Å²) in [5.74, 6) is 1.02. The molecule has 0 aliphatic heterocycles. The molecule has 0 unspecified atom stereocenters. The number of furan rings is 1. The van der Waals surface area contributed by atoms with Crippen molar-refractivity contribution >= 4 is 0 Å². The van der Waals surface area contributed by atoms with Crippen molar-refractivity contribution in [1.82, 2.24) is 20.0 Å². The number of nitrogens with zero attached hydrogens (tertiary/aromatic N) is 3. The molecule has 2 heterocycles. The minimum absolute atomic E-state index is 0.804. The highest BCUT2D eigenvalue weighted by Gasteiger charge is 2.09. The summed E-state index contributed by atoms with van der Waals surface area (Å²) in [6.07, 6.45) is 5.68. The van der Waals surface area contributed by atoms with Crippen molar-refractivity contribution in [2.75, 3.05) is 14.1 Å². The summed E-state index contributed by atoms with van der Waals surface area (Å²) >= 11 is 0. The van der Waals surface area contributed by atoms with Gasteiger partial charge in [-0.15, -0.1) is 0 Å². The van der Waals surface area contributed by atoms with E-state index in [4.69, 9.17) is 4.42 Å². The lowest BCUT2D eigenvalue weighted by molar-refractivity contribution is 0.286. The topological polar surface area (TPSA) is 46.2 Å². The van der Waals surface area contributed by atoms with Gasteiger partial charge in [0, 0.05) is 37.5 Å². The van der Waals surface area contributed by atoms with E-state index in [1.165, 1.54) is 11.1 Å². The van der Waals surface area contributed by atoms with E-state index in [2.05, 4.69) is 22.4 Å². The molecular formula is C13H20N4O. The van der Waals surface area contributed by atoms with Crippen LogP contribution in [0.5, 0.6) is 0 Å². The molecule has 2 aromatic rings. The first-order chi connectivity index (χ1) is 8.69. The summed E-state index contributed by atoms with van der Waals surface area (Å²) in [5, 5.41) is 7.32. The first-order valence-electron chi connectivity index (χ1n) is 6.05. The van der Waals surface area contributed by atoms with Gasteiger partial charge in [-0.2, -0.15) is 5.10 Å². The molecular weight excluding hydrogens is 228 g/mol. The van der Waals surface area contributed by atoms with Gasteiger partial charge in [0.15, 0.2) is 0 Å². The molecule has 5 nitrogen and oxygen atoms in total. The minimum atomic E-state index is 0.804. The minimum Gasteiger partial charge on any atom is -0.468 e. The maximum atomic E-state index is 5.53. The van der Waals surface area contributed by atoms with Crippen LogP contribution in [0.1, 0.15) is 16.9 Å². The van der Waals surface area contributed by atoms with Crippen molar-refractivity contribution in [2.45, 2.75) is 19.6 Å². The summed E-state index contributed by atoms with van der Waals surface area (Å²) in [5.41, 5.74) is 2.43. The maximum absolute atomic E-state index is 5.53. The Bertz CT molecular complexity index is 489. The lowest BCUT2D eigenvalue weighted by Gasteiger charge is -2.14. The van der Waals surface area contributed by atoms with Crippen LogP contribution in [-0.2, 0) is 26.7 Å². The van der Waals surface area contributed by atoms with E-state index in [1.807, 2.05) is 37.2 Å². The number of aromatic nitrogens is 2. The number of aryl methyl sites for hydroxylation is 1. The standard InChI is InChI=1S/C13H20N4O/c1-14-7-12-4-5-18-13(12)10-16(2)8-11-6-15-17(3)9-11/h4-6,9,14H,7-8,10H2,1-3H3. The van der Waals surface area contributed by atoms with Crippen LogP contribution in [-0.4, -0.2) is 28.8 Å². The second-order valence-electron chi connectivity index (χ2n) is 4.59. The van der Waals surface area contributed by atoms with E-state index in [9.17, 15) is 0 Å². The third-order valence-corrected chi connectivity index (χ3v) is 2.83. The zero-order chi connectivity index (χ0) is 13.0. The van der Waals surface area contributed by atoms with E-state index in [0.29, 0.717) is 0 Å². The van der Waals surface area contributed by atoms with Crippen LogP contribution in [0.15, 0.2) is 29.1 Å². The lowest BCUT2D eigenvalue weighted by atomic mass is 10.2. The Morgan fingerprint density at radius 1 is 1.44 bits per heavy atom. The lowest BCUT2D eigenvalue weighted by Crippen LogP contribution is -2.18. The Kier molecular flexibility index (Phi) is 4.17. The largest absolute Gasteiger partial charge is 0.468 e. The van der Waals surface area contributed by atoms with Crippen molar-refractivity contribution in [3.8, 4) is 0 Å². The maximum Gasteiger partial charge on any atom is 0.122 e. The third-order valence-electron chi connectivity index (χ3n) is 2.83. The molecule has 0 radical (unpaired) electrons. The van der Waals surface area contributed by atoms with Gasteiger partial charge in [-0.3, -0.25) is 9.58 Å². The van der Waals surface area contributed by atoms with Crippen LogP contribution in [0.4, 0.5) is 0 Å².